The topological polar surface area (TPSA) is 78.0 Å². The van der Waals surface area contributed by atoms with Crippen molar-refractivity contribution in [1.82, 2.24) is 20.9 Å². The Hall–Kier alpha value is -1.50. The SMILES string of the molecule is CN=C(NCCCCN1CCCC(C)C1)NCCNC(=O)OC(C)(C)C. The van der Waals surface area contributed by atoms with Crippen LogP contribution in [0.25, 0.3) is 0 Å². The van der Waals surface area contributed by atoms with E-state index >= 15 is 0 Å². The number of rotatable bonds is 8. The first kappa shape index (κ1) is 22.5. The number of guanidine groups is 1. The van der Waals surface area contributed by atoms with Crippen molar-refractivity contribution in [3.05, 3.63) is 0 Å². The van der Waals surface area contributed by atoms with E-state index in [1.165, 1.54) is 38.9 Å². The van der Waals surface area contributed by atoms with Gasteiger partial charge in [-0.05, 0) is 65.5 Å². The van der Waals surface area contributed by atoms with Gasteiger partial charge in [0.2, 0.25) is 0 Å². The second-order valence-electron chi connectivity index (χ2n) is 8.11. The summed E-state index contributed by atoms with van der Waals surface area (Å²) in [5, 5.41) is 9.23. The Morgan fingerprint density at radius 2 is 1.85 bits per heavy atom. The number of likely N-dealkylation sites (tertiary alicyclic amines) is 1. The van der Waals surface area contributed by atoms with Crippen LogP contribution in [-0.4, -0.2) is 68.9 Å². The van der Waals surface area contributed by atoms with E-state index in [0.717, 1.165) is 24.8 Å². The van der Waals surface area contributed by atoms with Crippen LogP contribution >= 0.6 is 0 Å². The molecule has 1 unspecified atom stereocenters. The Morgan fingerprint density at radius 3 is 2.50 bits per heavy atom. The van der Waals surface area contributed by atoms with Crippen molar-refractivity contribution < 1.29 is 9.53 Å². The fourth-order valence-electron chi connectivity index (χ4n) is 3.04. The van der Waals surface area contributed by atoms with Crippen LogP contribution in [0.5, 0.6) is 0 Å². The Morgan fingerprint density at radius 1 is 1.15 bits per heavy atom. The van der Waals surface area contributed by atoms with Crippen LogP contribution < -0.4 is 16.0 Å². The van der Waals surface area contributed by atoms with Crippen LogP contribution in [0.1, 0.15) is 53.4 Å². The van der Waals surface area contributed by atoms with Gasteiger partial charge in [0.25, 0.3) is 0 Å². The zero-order valence-electron chi connectivity index (χ0n) is 17.4. The smallest absolute Gasteiger partial charge is 0.407 e. The second kappa shape index (κ2) is 12.0. The molecule has 0 bridgehead atoms. The fourth-order valence-corrected chi connectivity index (χ4v) is 3.04. The quantitative estimate of drug-likeness (QED) is 0.347. The van der Waals surface area contributed by atoms with Crippen molar-refractivity contribution in [2.24, 2.45) is 10.9 Å². The average molecular weight is 370 g/mol. The van der Waals surface area contributed by atoms with Gasteiger partial charge in [-0.15, -0.1) is 0 Å². The van der Waals surface area contributed by atoms with E-state index in [0.29, 0.717) is 13.1 Å². The molecule has 1 saturated heterocycles. The molecule has 1 rings (SSSR count). The standard InChI is InChI=1S/C19H39N5O2/c1-16-9-8-14-24(15-16)13-7-6-10-21-17(20-5)22-11-12-23-18(25)26-19(2,3)4/h16H,6-15H2,1-5H3,(H,23,25)(H2,20,21,22). The maximum Gasteiger partial charge on any atom is 0.407 e. The van der Waals surface area contributed by atoms with E-state index in [4.69, 9.17) is 4.74 Å². The van der Waals surface area contributed by atoms with Crippen LogP contribution in [0.4, 0.5) is 4.79 Å². The number of ether oxygens (including phenoxy) is 1. The van der Waals surface area contributed by atoms with Crippen molar-refractivity contribution in [3.8, 4) is 0 Å². The van der Waals surface area contributed by atoms with E-state index in [-0.39, 0.29) is 0 Å². The van der Waals surface area contributed by atoms with Crippen molar-refractivity contribution >= 4 is 12.1 Å². The number of piperidine rings is 1. The predicted octanol–water partition coefficient (Wildman–Crippen LogP) is 2.19. The highest BCUT2D eigenvalue weighted by Gasteiger charge is 2.16. The first-order valence-corrected chi connectivity index (χ1v) is 9.94. The lowest BCUT2D eigenvalue weighted by atomic mass is 10.0. The van der Waals surface area contributed by atoms with E-state index in [9.17, 15) is 4.79 Å². The lowest BCUT2D eigenvalue weighted by molar-refractivity contribution is 0.0529. The number of hydrogen-bond acceptors (Lipinski definition) is 4. The molecule has 1 fully saturated rings. The van der Waals surface area contributed by atoms with E-state index in [1.807, 2.05) is 20.8 Å². The number of hydrogen-bond donors (Lipinski definition) is 3. The molecule has 1 atom stereocenters. The number of nitrogens with one attached hydrogen (secondary N) is 3. The predicted molar refractivity (Wildman–Crippen MR) is 108 cm³/mol. The number of aliphatic imine (C=N–C) groups is 1. The maximum absolute atomic E-state index is 11.6. The molecule has 0 aliphatic carbocycles. The molecular weight excluding hydrogens is 330 g/mol. The first-order valence-electron chi connectivity index (χ1n) is 9.94. The van der Waals surface area contributed by atoms with Gasteiger partial charge in [0.05, 0.1) is 0 Å². The molecule has 7 nitrogen and oxygen atoms in total. The molecule has 0 spiro atoms. The summed E-state index contributed by atoms with van der Waals surface area (Å²) in [5.74, 6) is 1.61. The Kier molecular flexibility index (Phi) is 10.4. The van der Waals surface area contributed by atoms with Gasteiger partial charge in [-0.2, -0.15) is 0 Å². The Labute approximate surface area is 159 Å². The summed E-state index contributed by atoms with van der Waals surface area (Å²) < 4.78 is 5.19. The lowest BCUT2D eigenvalue weighted by Crippen LogP contribution is -2.42. The van der Waals surface area contributed by atoms with E-state index < -0.39 is 11.7 Å². The first-order chi connectivity index (χ1) is 12.3. The normalized spacial score (nSPS) is 19.1. The fraction of sp³-hybridized carbons (Fsp3) is 0.895. The van der Waals surface area contributed by atoms with Gasteiger partial charge >= 0.3 is 6.09 Å². The van der Waals surface area contributed by atoms with Crippen LogP contribution in [0.15, 0.2) is 4.99 Å². The number of alkyl carbamates (subject to hydrolysis) is 1. The third kappa shape index (κ3) is 11.2. The number of carbonyl (C=O) groups is 1. The minimum atomic E-state index is -0.471. The molecule has 0 aromatic carbocycles. The highest BCUT2D eigenvalue weighted by atomic mass is 16.6. The van der Waals surface area contributed by atoms with Crippen LogP contribution in [-0.2, 0) is 4.74 Å². The number of carbonyl (C=O) groups excluding carboxylic acids is 1. The molecule has 1 aliphatic heterocycles. The number of nitrogens with zero attached hydrogens (tertiary/aromatic N) is 2. The zero-order chi connectivity index (χ0) is 19.4. The van der Waals surface area contributed by atoms with Crippen LogP contribution in [0.2, 0.25) is 0 Å². The van der Waals surface area contributed by atoms with Gasteiger partial charge in [-0.1, -0.05) is 6.92 Å². The molecule has 152 valence electrons. The third-order valence-electron chi connectivity index (χ3n) is 4.24. The van der Waals surface area contributed by atoms with E-state index in [1.54, 1.807) is 7.05 Å². The number of unbranched alkanes of at least 4 members (excludes halogenated alkanes) is 1. The van der Waals surface area contributed by atoms with Gasteiger partial charge < -0.3 is 25.6 Å². The summed E-state index contributed by atoms with van der Waals surface area (Å²) in [6.45, 7) is 13.6. The molecule has 0 saturated carbocycles. The maximum atomic E-state index is 11.6. The summed E-state index contributed by atoms with van der Waals surface area (Å²) in [7, 11) is 1.76. The largest absolute Gasteiger partial charge is 0.444 e. The highest BCUT2D eigenvalue weighted by Crippen LogP contribution is 2.15. The lowest BCUT2D eigenvalue weighted by Gasteiger charge is -2.30. The molecule has 1 amide bonds. The molecule has 0 aromatic heterocycles. The van der Waals surface area contributed by atoms with Crippen molar-refractivity contribution in [2.45, 2.75) is 59.0 Å². The molecular formula is C19H39N5O2. The van der Waals surface area contributed by atoms with E-state index in [2.05, 4.69) is 32.8 Å². The van der Waals surface area contributed by atoms with Gasteiger partial charge in [0, 0.05) is 33.2 Å². The molecule has 1 heterocycles. The van der Waals surface area contributed by atoms with Gasteiger partial charge in [-0.25, -0.2) is 4.79 Å². The second-order valence-corrected chi connectivity index (χ2v) is 8.11. The van der Waals surface area contributed by atoms with Gasteiger partial charge in [0.1, 0.15) is 5.60 Å². The summed E-state index contributed by atoms with van der Waals surface area (Å²) >= 11 is 0. The Balaban J connectivity index is 2.04. The summed E-state index contributed by atoms with van der Waals surface area (Å²) in [6, 6.07) is 0. The van der Waals surface area contributed by atoms with Gasteiger partial charge in [0.15, 0.2) is 5.96 Å². The molecule has 3 N–H and O–H groups in total. The van der Waals surface area contributed by atoms with Crippen molar-refractivity contribution in [1.29, 1.82) is 0 Å². The minimum absolute atomic E-state index is 0.394. The minimum Gasteiger partial charge on any atom is -0.444 e. The van der Waals surface area contributed by atoms with Crippen molar-refractivity contribution in [3.63, 3.8) is 0 Å². The summed E-state index contributed by atoms with van der Waals surface area (Å²) in [5.41, 5.74) is -0.471. The average Bonchev–Trinajstić information content (AvgIpc) is 2.55. The molecule has 1 aliphatic rings. The number of amides is 1. The Bertz CT molecular complexity index is 434. The highest BCUT2D eigenvalue weighted by molar-refractivity contribution is 5.79. The molecule has 7 heteroatoms. The summed E-state index contributed by atoms with van der Waals surface area (Å²) in [4.78, 5) is 18.3. The van der Waals surface area contributed by atoms with Crippen LogP contribution in [0, 0.1) is 5.92 Å². The van der Waals surface area contributed by atoms with Crippen LogP contribution in [0.3, 0.4) is 0 Å². The van der Waals surface area contributed by atoms with Crippen molar-refractivity contribution in [2.75, 3.05) is 46.3 Å². The molecule has 26 heavy (non-hydrogen) atoms. The third-order valence-corrected chi connectivity index (χ3v) is 4.24. The van der Waals surface area contributed by atoms with Gasteiger partial charge in [-0.3, -0.25) is 4.99 Å². The summed E-state index contributed by atoms with van der Waals surface area (Å²) in [6.07, 6.45) is 4.66. The molecule has 0 radical (unpaired) electrons. The zero-order valence-corrected chi connectivity index (χ0v) is 17.4. The molecule has 0 aromatic rings. The monoisotopic (exact) mass is 369 g/mol.